The number of benzene rings is 2. The lowest BCUT2D eigenvalue weighted by atomic mass is 10.0. The van der Waals surface area contributed by atoms with Gasteiger partial charge in [0.15, 0.2) is 0 Å². The summed E-state index contributed by atoms with van der Waals surface area (Å²) < 4.78 is 5.62. The Morgan fingerprint density at radius 2 is 1.56 bits per heavy atom. The molecule has 1 amide bonds. The number of carbonyl (C=O) groups is 1. The van der Waals surface area contributed by atoms with E-state index >= 15 is 0 Å². The first-order valence-electron chi connectivity index (χ1n) is 9.26. The smallest absolute Gasteiger partial charge is 0.251 e. The van der Waals surface area contributed by atoms with Crippen LogP contribution in [0.2, 0.25) is 0 Å². The Bertz CT molecular complexity index is 722. The van der Waals surface area contributed by atoms with Gasteiger partial charge in [-0.25, -0.2) is 0 Å². The zero-order chi connectivity index (χ0) is 20.0. The van der Waals surface area contributed by atoms with Gasteiger partial charge in [0.1, 0.15) is 5.75 Å². The summed E-state index contributed by atoms with van der Waals surface area (Å²) in [5, 5.41) is 3.04. The van der Waals surface area contributed by atoms with Crippen LogP contribution < -0.4 is 15.0 Å². The number of rotatable bonds is 8. The molecule has 0 aliphatic rings. The summed E-state index contributed by atoms with van der Waals surface area (Å²) in [7, 11) is 8.09. The molecule has 2 aromatic rings. The number of nitrogens with zero attached hydrogens (tertiary/aromatic N) is 2. The van der Waals surface area contributed by atoms with Crippen molar-refractivity contribution in [1.29, 1.82) is 0 Å². The van der Waals surface area contributed by atoms with Crippen LogP contribution in [0.15, 0.2) is 48.5 Å². The van der Waals surface area contributed by atoms with Crippen molar-refractivity contribution < 1.29 is 9.53 Å². The third-order valence-corrected chi connectivity index (χ3v) is 4.36. The summed E-state index contributed by atoms with van der Waals surface area (Å²) in [6.07, 6.45) is 0.115. The van der Waals surface area contributed by atoms with E-state index in [0.29, 0.717) is 12.1 Å². The first kappa shape index (κ1) is 20.8. The van der Waals surface area contributed by atoms with Crippen LogP contribution in [-0.2, 0) is 0 Å². The highest BCUT2D eigenvalue weighted by atomic mass is 16.5. The Morgan fingerprint density at radius 1 is 0.963 bits per heavy atom. The molecule has 0 radical (unpaired) electrons. The first-order valence-corrected chi connectivity index (χ1v) is 9.26. The van der Waals surface area contributed by atoms with Crippen molar-refractivity contribution in [2.45, 2.75) is 26.0 Å². The minimum atomic E-state index is -0.0807. The van der Waals surface area contributed by atoms with Crippen LogP contribution in [0.25, 0.3) is 0 Å². The Balaban J connectivity index is 2.01. The van der Waals surface area contributed by atoms with Crippen molar-refractivity contribution in [1.82, 2.24) is 10.2 Å². The molecule has 5 nitrogen and oxygen atoms in total. The van der Waals surface area contributed by atoms with E-state index in [1.165, 1.54) is 5.56 Å². The number of anilines is 1. The monoisotopic (exact) mass is 369 g/mol. The van der Waals surface area contributed by atoms with Crippen LogP contribution in [0.4, 0.5) is 5.69 Å². The average molecular weight is 370 g/mol. The fourth-order valence-corrected chi connectivity index (χ4v) is 2.84. The quantitative estimate of drug-likeness (QED) is 0.773. The highest BCUT2D eigenvalue weighted by Crippen LogP contribution is 2.21. The normalized spacial score (nSPS) is 12.1. The van der Waals surface area contributed by atoms with Gasteiger partial charge >= 0.3 is 0 Å². The second-order valence-corrected chi connectivity index (χ2v) is 7.37. The summed E-state index contributed by atoms with van der Waals surface area (Å²) in [5.41, 5.74) is 2.96. The molecule has 5 heteroatoms. The van der Waals surface area contributed by atoms with Crippen molar-refractivity contribution in [3.8, 4) is 5.75 Å². The van der Waals surface area contributed by atoms with E-state index in [4.69, 9.17) is 4.74 Å². The number of hydrogen-bond donors (Lipinski definition) is 1. The maximum Gasteiger partial charge on any atom is 0.251 e. The van der Waals surface area contributed by atoms with E-state index in [2.05, 4.69) is 39.4 Å². The molecule has 0 aliphatic heterocycles. The Morgan fingerprint density at radius 3 is 2.04 bits per heavy atom. The van der Waals surface area contributed by atoms with Crippen LogP contribution in [0.1, 0.15) is 35.8 Å². The van der Waals surface area contributed by atoms with E-state index in [9.17, 15) is 4.79 Å². The van der Waals surface area contributed by atoms with Crippen molar-refractivity contribution in [3.05, 3.63) is 59.7 Å². The molecule has 2 aromatic carbocycles. The van der Waals surface area contributed by atoms with Gasteiger partial charge in [0.25, 0.3) is 5.91 Å². The predicted molar refractivity (Wildman–Crippen MR) is 112 cm³/mol. The third kappa shape index (κ3) is 6.00. The van der Waals surface area contributed by atoms with Gasteiger partial charge in [0, 0.05) is 31.9 Å². The Kier molecular flexibility index (Phi) is 7.25. The summed E-state index contributed by atoms with van der Waals surface area (Å²) in [6, 6.07) is 15.8. The Labute approximate surface area is 162 Å². The molecule has 0 fully saturated rings. The van der Waals surface area contributed by atoms with Gasteiger partial charge < -0.3 is 19.9 Å². The Hall–Kier alpha value is -2.53. The van der Waals surface area contributed by atoms with Gasteiger partial charge in [0.2, 0.25) is 0 Å². The summed E-state index contributed by atoms with van der Waals surface area (Å²) in [6.45, 7) is 4.50. The molecule has 0 aliphatic carbocycles. The van der Waals surface area contributed by atoms with Crippen LogP contribution in [-0.4, -0.2) is 51.6 Å². The van der Waals surface area contributed by atoms with E-state index < -0.39 is 0 Å². The lowest BCUT2D eigenvalue weighted by Gasteiger charge is -2.26. The second-order valence-electron chi connectivity index (χ2n) is 7.37. The molecule has 1 N–H and O–H groups in total. The van der Waals surface area contributed by atoms with Gasteiger partial charge in [-0.2, -0.15) is 0 Å². The average Bonchev–Trinajstić information content (AvgIpc) is 2.62. The SMILES string of the molecule is CC(C)Oc1ccc(C(=O)NCC(c2ccc(N(C)C)cc2)N(C)C)cc1. The van der Waals surface area contributed by atoms with Gasteiger partial charge in [-0.3, -0.25) is 4.79 Å². The molecule has 0 aromatic heterocycles. The molecule has 27 heavy (non-hydrogen) atoms. The van der Waals surface area contributed by atoms with Crippen LogP contribution in [0, 0.1) is 0 Å². The van der Waals surface area contributed by atoms with Crippen LogP contribution in [0.5, 0.6) is 5.75 Å². The topological polar surface area (TPSA) is 44.8 Å². The van der Waals surface area contributed by atoms with Gasteiger partial charge in [-0.1, -0.05) is 12.1 Å². The molecular weight excluding hydrogens is 338 g/mol. The number of nitrogens with one attached hydrogen (secondary N) is 1. The largest absolute Gasteiger partial charge is 0.491 e. The van der Waals surface area contributed by atoms with E-state index in [-0.39, 0.29) is 18.1 Å². The maximum absolute atomic E-state index is 12.5. The highest BCUT2D eigenvalue weighted by Gasteiger charge is 2.16. The summed E-state index contributed by atoms with van der Waals surface area (Å²) >= 11 is 0. The lowest BCUT2D eigenvalue weighted by Crippen LogP contribution is -2.34. The minimum absolute atomic E-state index is 0.0807. The molecule has 2 rings (SSSR count). The fourth-order valence-electron chi connectivity index (χ4n) is 2.84. The van der Waals surface area contributed by atoms with E-state index in [0.717, 1.165) is 11.4 Å². The molecule has 1 unspecified atom stereocenters. The van der Waals surface area contributed by atoms with E-state index in [1.807, 2.05) is 54.2 Å². The van der Waals surface area contributed by atoms with Crippen molar-refractivity contribution in [2.75, 3.05) is 39.6 Å². The number of hydrogen-bond acceptors (Lipinski definition) is 4. The number of likely N-dealkylation sites (N-methyl/N-ethyl adjacent to an activating group) is 1. The van der Waals surface area contributed by atoms with E-state index in [1.54, 1.807) is 12.1 Å². The zero-order valence-electron chi connectivity index (χ0n) is 17.2. The predicted octanol–water partition coefficient (Wildman–Crippen LogP) is 3.57. The summed E-state index contributed by atoms with van der Waals surface area (Å²) in [5.74, 6) is 0.691. The van der Waals surface area contributed by atoms with Crippen molar-refractivity contribution >= 4 is 11.6 Å². The molecule has 0 heterocycles. The first-order chi connectivity index (χ1) is 12.8. The maximum atomic E-state index is 12.5. The minimum Gasteiger partial charge on any atom is -0.491 e. The van der Waals surface area contributed by atoms with Gasteiger partial charge in [0.05, 0.1) is 12.1 Å². The fraction of sp³-hybridized carbons (Fsp3) is 0.409. The standard InChI is InChI=1S/C22H31N3O2/c1-16(2)27-20-13-9-18(10-14-20)22(26)23-15-21(25(5)6)17-7-11-19(12-8-17)24(3)4/h7-14,16,21H,15H2,1-6H3,(H,23,26). The lowest BCUT2D eigenvalue weighted by molar-refractivity contribution is 0.0942. The molecule has 0 saturated carbocycles. The second kappa shape index (κ2) is 9.42. The molecule has 146 valence electrons. The van der Waals surface area contributed by atoms with Crippen molar-refractivity contribution in [3.63, 3.8) is 0 Å². The van der Waals surface area contributed by atoms with Crippen LogP contribution in [0.3, 0.4) is 0 Å². The molecular formula is C22H31N3O2. The zero-order valence-corrected chi connectivity index (χ0v) is 17.2. The third-order valence-electron chi connectivity index (χ3n) is 4.36. The summed E-state index contributed by atoms with van der Waals surface area (Å²) in [4.78, 5) is 16.7. The van der Waals surface area contributed by atoms with Crippen LogP contribution >= 0.6 is 0 Å². The number of amides is 1. The van der Waals surface area contributed by atoms with Crippen molar-refractivity contribution in [2.24, 2.45) is 0 Å². The molecule has 1 atom stereocenters. The number of carbonyl (C=O) groups excluding carboxylic acids is 1. The number of ether oxygens (including phenoxy) is 1. The van der Waals surface area contributed by atoms with Gasteiger partial charge in [-0.05, 0) is 69.9 Å². The molecule has 0 saturated heterocycles. The molecule has 0 spiro atoms. The highest BCUT2D eigenvalue weighted by molar-refractivity contribution is 5.94. The molecule has 0 bridgehead atoms. The van der Waals surface area contributed by atoms with Gasteiger partial charge in [-0.15, -0.1) is 0 Å².